The Morgan fingerprint density at radius 2 is 1.95 bits per heavy atom. The van der Waals surface area contributed by atoms with Crippen LogP contribution in [0, 0.1) is 0 Å². The number of benzene rings is 1. The van der Waals surface area contributed by atoms with Crippen LogP contribution in [0.15, 0.2) is 24.3 Å². The fourth-order valence-corrected chi connectivity index (χ4v) is 2.67. The smallest absolute Gasteiger partial charge is 0.158 e. The summed E-state index contributed by atoms with van der Waals surface area (Å²) in [5.41, 5.74) is 1.56. The molecule has 2 rings (SSSR count). The average Bonchev–Trinajstić information content (AvgIpc) is 2.84. The van der Waals surface area contributed by atoms with Crippen molar-refractivity contribution in [2.45, 2.75) is 45.7 Å². The molecule has 114 valence electrons. The molecule has 0 saturated carbocycles. The summed E-state index contributed by atoms with van der Waals surface area (Å²) in [5.74, 6) is 0.224. The Labute approximate surface area is 126 Å². The molecule has 1 unspecified atom stereocenters. The van der Waals surface area contributed by atoms with Gasteiger partial charge in [-0.2, -0.15) is 5.10 Å². The summed E-state index contributed by atoms with van der Waals surface area (Å²) in [6, 6.07) is 8.13. The van der Waals surface area contributed by atoms with E-state index in [9.17, 15) is 4.79 Å². The third-order valence-electron chi connectivity index (χ3n) is 4.64. The number of ketones is 1. The van der Waals surface area contributed by atoms with Crippen LogP contribution in [0.2, 0.25) is 0 Å². The highest BCUT2D eigenvalue weighted by atomic mass is 16.1. The number of carbonyl (C=O) groups is 1. The first-order chi connectivity index (χ1) is 9.93. The zero-order valence-corrected chi connectivity index (χ0v) is 13.7. The quantitative estimate of drug-likeness (QED) is 0.820. The average molecular weight is 287 g/mol. The monoisotopic (exact) mass is 287 g/mol. The number of aryl methyl sites for hydroxylation is 1. The maximum Gasteiger partial charge on any atom is 0.158 e. The van der Waals surface area contributed by atoms with E-state index in [0.717, 1.165) is 29.6 Å². The largest absolute Gasteiger partial charge is 0.297 e. The number of likely N-dealkylation sites (N-methyl/N-ethyl adjacent to an activating group) is 1. The lowest BCUT2D eigenvalue weighted by atomic mass is 9.89. The highest BCUT2D eigenvalue weighted by Gasteiger charge is 2.33. The number of carbonyl (C=O) groups excluding carboxylic acids is 1. The van der Waals surface area contributed by atoms with Crippen molar-refractivity contribution in [1.29, 1.82) is 0 Å². The molecule has 0 bridgehead atoms. The molecule has 21 heavy (non-hydrogen) atoms. The van der Waals surface area contributed by atoms with Crippen molar-refractivity contribution in [3.05, 3.63) is 30.0 Å². The molecule has 0 aliphatic carbocycles. The topological polar surface area (TPSA) is 38.1 Å². The van der Waals surface area contributed by atoms with Crippen molar-refractivity contribution in [2.75, 3.05) is 14.1 Å². The maximum absolute atomic E-state index is 12.8. The first kappa shape index (κ1) is 15.7. The molecule has 1 heterocycles. The molecule has 2 aromatic rings. The van der Waals surface area contributed by atoms with Crippen molar-refractivity contribution in [3.8, 4) is 0 Å². The Morgan fingerprint density at radius 3 is 2.52 bits per heavy atom. The van der Waals surface area contributed by atoms with Gasteiger partial charge in [-0.25, -0.2) is 0 Å². The van der Waals surface area contributed by atoms with Crippen molar-refractivity contribution in [3.63, 3.8) is 0 Å². The van der Waals surface area contributed by atoms with Gasteiger partial charge >= 0.3 is 0 Å². The van der Waals surface area contributed by atoms with Gasteiger partial charge in [0.1, 0.15) is 0 Å². The molecule has 0 radical (unpaired) electrons. The molecular weight excluding hydrogens is 262 g/mol. The van der Waals surface area contributed by atoms with E-state index in [0.29, 0.717) is 6.42 Å². The van der Waals surface area contributed by atoms with Crippen LogP contribution in [0.1, 0.15) is 32.9 Å². The van der Waals surface area contributed by atoms with Gasteiger partial charge in [0.25, 0.3) is 0 Å². The molecule has 0 amide bonds. The zero-order valence-electron chi connectivity index (χ0n) is 13.7. The van der Waals surface area contributed by atoms with Gasteiger partial charge in [0.2, 0.25) is 0 Å². The van der Waals surface area contributed by atoms with Crippen LogP contribution in [0.3, 0.4) is 0 Å². The number of Topliss-reactive ketones (excluding diaryl/α,β-unsaturated/α-hetero) is 1. The van der Waals surface area contributed by atoms with Gasteiger partial charge in [-0.15, -0.1) is 0 Å². The van der Waals surface area contributed by atoms with Crippen LogP contribution in [0.4, 0.5) is 0 Å². The number of hydrogen-bond acceptors (Lipinski definition) is 3. The summed E-state index contributed by atoms with van der Waals surface area (Å²) in [7, 11) is 3.92. The Bertz CT molecular complexity index is 645. The van der Waals surface area contributed by atoms with E-state index in [-0.39, 0.29) is 5.78 Å². The number of aromatic nitrogens is 2. The van der Waals surface area contributed by atoms with E-state index in [1.165, 1.54) is 0 Å². The SMILES string of the molecule is CCn1nc(CC(=O)C(C)(CC)N(C)C)c2ccccc21. The Morgan fingerprint density at radius 1 is 1.29 bits per heavy atom. The third-order valence-corrected chi connectivity index (χ3v) is 4.64. The molecule has 0 aliphatic rings. The number of fused-ring (bicyclic) bond motifs is 1. The van der Waals surface area contributed by atoms with Crippen LogP contribution in [-0.2, 0) is 17.8 Å². The lowest BCUT2D eigenvalue weighted by Crippen LogP contribution is -2.48. The van der Waals surface area contributed by atoms with Crippen molar-refractivity contribution >= 4 is 16.7 Å². The second-order valence-electron chi connectivity index (χ2n) is 5.90. The van der Waals surface area contributed by atoms with Crippen molar-refractivity contribution in [1.82, 2.24) is 14.7 Å². The summed E-state index contributed by atoms with van der Waals surface area (Å²) in [6.45, 7) is 6.95. The molecule has 1 aromatic carbocycles. The Kier molecular flexibility index (Phi) is 4.47. The van der Waals surface area contributed by atoms with Gasteiger partial charge in [-0.05, 0) is 40.4 Å². The third kappa shape index (κ3) is 2.72. The normalized spacial score (nSPS) is 14.6. The van der Waals surface area contributed by atoms with E-state index in [4.69, 9.17) is 0 Å². The lowest BCUT2D eigenvalue weighted by molar-refractivity contribution is -0.128. The number of para-hydroxylation sites is 1. The minimum absolute atomic E-state index is 0.224. The highest BCUT2D eigenvalue weighted by Crippen LogP contribution is 2.23. The number of hydrogen-bond donors (Lipinski definition) is 0. The van der Waals surface area contributed by atoms with Gasteiger partial charge in [0, 0.05) is 11.9 Å². The van der Waals surface area contributed by atoms with Gasteiger partial charge in [-0.3, -0.25) is 14.4 Å². The minimum Gasteiger partial charge on any atom is -0.297 e. The van der Waals surface area contributed by atoms with E-state index >= 15 is 0 Å². The molecule has 4 heteroatoms. The van der Waals surface area contributed by atoms with Crippen LogP contribution in [-0.4, -0.2) is 40.1 Å². The number of nitrogens with zero attached hydrogens (tertiary/aromatic N) is 3. The molecule has 0 N–H and O–H groups in total. The van der Waals surface area contributed by atoms with Crippen molar-refractivity contribution in [2.24, 2.45) is 0 Å². The first-order valence-corrected chi connectivity index (χ1v) is 7.59. The van der Waals surface area contributed by atoms with E-state index in [1.54, 1.807) is 0 Å². The molecule has 0 spiro atoms. The fraction of sp³-hybridized carbons (Fsp3) is 0.529. The number of rotatable bonds is 6. The fourth-order valence-electron chi connectivity index (χ4n) is 2.67. The minimum atomic E-state index is -0.433. The predicted octanol–water partition coefficient (Wildman–Crippen LogP) is 2.90. The molecular formula is C17H25N3O. The van der Waals surface area contributed by atoms with Crippen LogP contribution in [0.25, 0.3) is 10.9 Å². The maximum atomic E-state index is 12.8. The summed E-state index contributed by atoms with van der Waals surface area (Å²) < 4.78 is 1.97. The van der Waals surface area contributed by atoms with Gasteiger partial charge in [0.05, 0.1) is 23.2 Å². The first-order valence-electron chi connectivity index (χ1n) is 7.59. The summed E-state index contributed by atoms with van der Waals surface area (Å²) >= 11 is 0. The summed E-state index contributed by atoms with van der Waals surface area (Å²) in [6.07, 6.45) is 1.18. The standard InChI is InChI=1S/C17H25N3O/c1-6-17(3,19(4)5)16(21)12-14-13-10-8-9-11-15(13)20(7-2)18-14/h8-11H,6-7,12H2,1-5H3. The summed E-state index contributed by atoms with van der Waals surface area (Å²) in [5, 5.41) is 5.72. The van der Waals surface area contributed by atoms with Gasteiger partial charge in [-0.1, -0.05) is 25.1 Å². The van der Waals surface area contributed by atoms with Crippen LogP contribution < -0.4 is 0 Å². The van der Waals surface area contributed by atoms with E-state index < -0.39 is 5.54 Å². The summed E-state index contributed by atoms with van der Waals surface area (Å²) in [4.78, 5) is 14.8. The van der Waals surface area contributed by atoms with Crippen molar-refractivity contribution < 1.29 is 4.79 Å². The van der Waals surface area contributed by atoms with E-state index in [2.05, 4.69) is 31.1 Å². The second-order valence-corrected chi connectivity index (χ2v) is 5.90. The Balaban J connectivity index is 2.38. The molecule has 0 fully saturated rings. The molecule has 4 nitrogen and oxygen atoms in total. The molecule has 0 aliphatic heterocycles. The van der Waals surface area contributed by atoms with Crippen LogP contribution >= 0.6 is 0 Å². The predicted molar refractivity (Wildman–Crippen MR) is 86.5 cm³/mol. The van der Waals surface area contributed by atoms with Crippen LogP contribution in [0.5, 0.6) is 0 Å². The van der Waals surface area contributed by atoms with Gasteiger partial charge < -0.3 is 0 Å². The zero-order chi connectivity index (χ0) is 15.6. The van der Waals surface area contributed by atoms with Gasteiger partial charge in [0.15, 0.2) is 5.78 Å². The van der Waals surface area contributed by atoms with E-state index in [1.807, 2.05) is 42.7 Å². The second kappa shape index (κ2) is 5.98. The Hall–Kier alpha value is -1.68. The molecule has 1 atom stereocenters. The molecule has 0 saturated heterocycles. The molecule has 1 aromatic heterocycles. The highest BCUT2D eigenvalue weighted by molar-refractivity contribution is 5.93. The lowest BCUT2D eigenvalue weighted by Gasteiger charge is -2.33.